The molecule has 0 saturated heterocycles. The molecule has 8 heteroatoms. The van der Waals surface area contributed by atoms with Crippen molar-refractivity contribution < 1.29 is 9.53 Å². The summed E-state index contributed by atoms with van der Waals surface area (Å²) in [6.45, 7) is 15.4. The van der Waals surface area contributed by atoms with Crippen LogP contribution >= 0.6 is 27.7 Å². The minimum absolute atomic E-state index is 0.0735. The van der Waals surface area contributed by atoms with E-state index < -0.39 is 0 Å². The number of benzene rings is 2. The van der Waals surface area contributed by atoms with Crippen molar-refractivity contribution in [1.82, 2.24) is 14.8 Å². The fourth-order valence-electron chi connectivity index (χ4n) is 3.79. The van der Waals surface area contributed by atoms with Crippen molar-refractivity contribution in [2.24, 2.45) is 5.92 Å². The van der Waals surface area contributed by atoms with Crippen LogP contribution in [0.1, 0.15) is 69.2 Å². The van der Waals surface area contributed by atoms with E-state index in [1.54, 1.807) is 0 Å². The second kappa shape index (κ2) is 12.1. The fourth-order valence-corrected chi connectivity index (χ4v) is 4.98. The van der Waals surface area contributed by atoms with E-state index in [-0.39, 0.29) is 17.8 Å². The first kappa shape index (κ1) is 27.3. The van der Waals surface area contributed by atoms with E-state index in [9.17, 15) is 4.79 Å². The van der Waals surface area contributed by atoms with Crippen LogP contribution in [0.4, 0.5) is 5.69 Å². The minimum Gasteiger partial charge on any atom is -0.482 e. The lowest BCUT2D eigenvalue weighted by Crippen LogP contribution is -2.18. The van der Waals surface area contributed by atoms with Crippen molar-refractivity contribution >= 4 is 39.3 Å². The monoisotopic (exact) mass is 558 g/mol. The highest BCUT2D eigenvalue weighted by Gasteiger charge is 2.22. The van der Waals surface area contributed by atoms with Gasteiger partial charge in [-0.1, -0.05) is 73.6 Å². The zero-order chi connectivity index (χ0) is 25.7. The van der Waals surface area contributed by atoms with Crippen LogP contribution in [-0.4, -0.2) is 26.4 Å². The Hall–Kier alpha value is -2.32. The van der Waals surface area contributed by atoms with Crippen molar-refractivity contribution in [2.75, 3.05) is 11.1 Å². The highest BCUT2D eigenvalue weighted by atomic mass is 79.9. The molecule has 1 N–H and O–H groups in total. The molecule has 0 spiro atoms. The molecule has 0 radical (unpaired) electrons. The molecular weight excluding hydrogens is 524 g/mol. The van der Waals surface area contributed by atoms with Gasteiger partial charge in [-0.05, 0) is 67.5 Å². The Kier molecular flexibility index (Phi) is 9.41. The van der Waals surface area contributed by atoms with Crippen molar-refractivity contribution in [2.45, 2.75) is 72.2 Å². The number of rotatable bonds is 10. The van der Waals surface area contributed by atoms with Gasteiger partial charge < -0.3 is 14.6 Å². The topological polar surface area (TPSA) is 69.0 Å². The molecule has 0 saturated carbocycles. The third kappa shape index (κ3) is 6.88. The lowest BCUT2D eigenvalue weighted by atomic mass is 10.0. The average molecular weight is 560 g/mol. The number of carbonyl (C=O) groups excluding carboxylic acids is 1. The number of para-hydroxylation sites is 1. The molecule has 0 aliphatic rings. The summed E-state index contributed by atoms with van der Waals surface area (Å²) in [5.74, 6) is 2.55. The number of hydrogen-bond donors (Lipinski definition) is 1. The van der Waals surface area contributed by atoms with Crippen LogP contribution in [0.5, 0.6) is 5.75 Å². The number of anilines is 1. The summed E-state index contributed by atoms with van der Waals surface area (Å²) in [5.41, 5.74) is 4.16. The zero-order valence-electron chi connectivity index (χ0n) is 21.6. The van der Waals surface area contributed by atoms with Gasteiger partial charge in [0.1, 0.15) is 5.75 Å². The first-order valence-electron chi connectivity index (χ1n) is 12.0. The van der Waals surface area contributed by atoms with Crippen LogP contribution in [0.15, 0.2) is 46.0 Å². The Balaban J connectivity index is 1.75. The van der Waals surface area contributed by atoms with Gasteiger partial charge in [-0.3, -0.25) is 4.79 Å². The summed E-state index contributed by atoms with van der Waals surface area (Å²) in [5, 5.41) is 12.6. The predicted molar refractivity (Wildman–Crippen MR) is 147 cm³/mol. The molecule has 0 aliphatic carbocycles. The van der Waals surface area contributed by atoms with Gasteiger partial charge in [-0.25, -0.2) is 0 Å². The molecule has 1 amide bonds. The molecule has 1 aromatic heterocycles. The molecule has 3 rings (SSSR count). The smallest absolute Gasteiger partial charge is 0.234 e. The summed E-state index contributed by atoms with van der Waals surface area (Å²) in [6, 6.07) is 12.0. The van der Waals surface area contributed by atoms with Crippen LogP contribution in [-0.2, 0) is 11.3 Å². The Morgan fingerprint density at radius 2 is 1.77 bits per heavy atom. The van der Waals surface area contributed by atoms with E-state index >= 15 is 0 Å². The Morgan fingerprint density at radius 1 is 1.06 bits per heavy atom. The lowest BCUT2D eigenvalue weighted by molar-refractivity contribution is -0.113. The molecule has 35 heavy (non-hydrogen) atoms. The maximum atomic E-state index is 12.7. The summed E-state index contributed by atoms with van der Waals surface area (Å²) in [7, 11) is 0. The third-order valence-electron chi connectivity index (χ3n) is 5.83. The van der Waals surface area contributed by atoms with Crippen LogP contribution in [0.2, 0.25) is 0 Å². The predicted octanol–water partition coefficient (Wildman–Crippen LogP) is 7.31. The second-order valence-corrected chi connectivity index (χ2v) is 11.3. The first-order valence-corrected chi connectivity index (χ1v) is 13.7. The molecule has 0 aliphatic heterocycles. The number of amides is 1. The van der Waals surface area contributed by atoms with E-state index in [1.807, 2.05) is 51.1 Å². The standard InChI is InChI=1S/C27H35BrN4O2S/c1-16(2)14-32-26(20(7)34-24-11-9-8-10-21(24)17(3)4)30-31-27(32)35-15-25(33)29-23-13-12-22(28)18(5)19(23)6/h8-13,16-17,20H,14-15H2,1-7H3,(H,29,33). The highest BCUT2D eigenvalue weighted by Crippen LogP contribution is 2.31. The van der Waals surface area contributed by atoms with Crippen molar-refractivity contribution in [3.8, 4) is 5.75 Å². The quantitative estimate of drug-likeness (QED) is 0.264. The number of nitrogens with one attached hydrogen (secondary N) is 1. The van der Waals surface area contributed by atoms with Crippen molar-refractivity contribution in [3.63, 3.8) is 0 Å². The van der Waals surface area contributed by atoms with E-state index in [0.717, 1.165) is 44.6 Å². The number of halogens is 1. The molecule has 3 aromatic rings. The maximum Gasteiger partial charge on any atom is 0.234 e. The van der Waals surface area contributed by atoms with E-state index in [0.29, 0.717) is 11.8 Å². The van der Waals surface area contributed by atoms with Crippen LogP contribution in [0.3, 0.4) is 0 Å². The molecule has 1 unspecified atom stereocenters. The number of nitrogens with zero attached hydrogens (tertiary/aromatic N) is 3. The van der Waals surface area contributed by atoms with Gasteiger partial charge in [0.05, 0.1) is 5.75 Å². The van der Waals surface area contributed by atoms with Gasteiger partial charge in [-0.2, -0.15) is 0 Å². The Morgan fingerprint density at radius 3 is 2.46 bits per heavy atom. The summed E-state index contributed by atoms with van der Waals surface area (Å²) < 4.78 is 9.47. The largest absolute Gasteiger partial charge is 0.482 e. The average Bonchev–Trinajstić information content (AvgIpc) is 3.20. The lowest BCUT2D eigenvalue weighted by Gasteiger charge is -2.20. The molecule has 188 valence electrons. The van der Waals surface area contributed by atoms with Gasteiger partial charge in [0.25, 0.3) is 0 Å². The normalized spacial score (nSPS) is 12.3. The highest BCUT2D eigenvalue weighted by molar-refractivity contribution is 9.10. The molecule has 0 bridgehead atoms. The Labute approximate surface area is 221 Å². The van der Waals surface area contributed by atoms with Gasteiger partial charge in [0.15, 0.2) is 17.1 Å². The van der Waals surface area contributed by atoms with Crippen molar-refractivity contribution in [3.05, 3.63) is 63.4 Å². The second-order valence-electron chi connectivity index (χ2n) is 9.48. The van der Waals surface area contributed by atoms with E-state index in [4.69, 9.17) is 4.74 Å². The summed E-state index contributed by atoms with van der Waals surface area (Å²) in [6.07, 6.45) is -0.280. The van der Waals surface area contributed by atoms with Crippen LogP contribution < -0.4 is 10.1 Å². The molecule has 6 nitrogen and oxygen atoms in total. The minimum atomic E-state index is -0.280. The van der Waals surface area contributed by atoms with Crippen molar-refractivity contribution in [1.29, 1.82) is 0 Å². The van der Waals surface area contributed by atoms with Gasteiger partial charge in [0.2, 0.25) is 5.91 Å². The molecule has 0 fully saturated rings. The first-order chi connectivity index (χ1) is 16.6. The fraction of sp³-hybridized carbons (Fsp3) is 0.444. The summed E-state index contributed by atoms with van der Waals surface area (Å²) >= 11 is 4.93. The summed E-state index contributed by atoms with van der Waals surface area (Å²) in [4.78, 5) is 12.7. The SMILES string of the molecule is Cc1c(Br)ccc(NC(=O)CSc2nnc(C(C)Oc3ccccc3C(C)C)n2CC(C)C)c1C. The van der Waals surface area contributed by atoms with Crippen LogP contribution in [0, 0.1) is 19.8 Å². The molecular formula is C27H35BrN4O2S. The number of aromatic nitrogens is 3. The van der Waals surface area contributed by atoms with Gasteiger partial charge in [-0.15, -0.1) is 10.2 Å². The molecule has 1 heterocycles. The number of carbonyl (C=O) groups is 1. The number of hydrogen-bond acceptors (Lipinski definition) is 5. The van der Waals surface area contributed by atoms with E-state index in [2.05, 4.69) is 69.8 Å². The zero-order valence-corrected chi connectivity index (χ0v) is 24.0. The molecule has 2 aromatic carbocycles. The number of thioether (sulfide) groups is 1. The molecule has 1 atom stereocenters. The Bertz CT molecular complexity index is 1180. The van der Waals surface area contributed by atoms with E-state index in [1.165, 1.54) is 17.3 Å². The maximum absolute atomic E-state index is 12.7. The van der Waals surface area contributed by atoms with Gasteiger partial charge >= 0.3 is 0 Å². The van der Waals surface area contributed by atoms with Crippen LogP contribution in [0.25, 0.3) is 0 Å². The van der Waals surface area contributed by atoms with Gasteiger partial charge in [0, 0.05) is 16.7 Å². The third-order valence-corrected chi connectivity index (χ3v) is 7.65. The number of ether oxygens (including phenoxy) is 1.